The molecular formula is C21H29FIN3OS. The van der Waals surface area contributed by atoms with Crippen molar-refractivity contribution in [1.82, 2.24) is 10.6 Å². The highest BCUT2D eigenvalue weighted by Crippen LogP contribution is 2.25. The summed E-state index contributed by atoms with van der Waals surface area (Å²) in [6.07, 6.45) is 2.02. The average Bonchev–Trinajstić information content (AvgIpc) is 2.69. The van der Waals surface area contributed by atoms with E-state index in [0.717, 1.165) is 40.7 Å². The van der Waals surface area contributed by atoms with E-state index < -0.39 is 0 Å². The van der Waals surface area contributed by atoms with Gasteiger partial charge in [0.25, 0.3) is 0 Å². The number of hydrogen-bond acceptors (Lipinski definition) is 3. The maximum absolute atomic E-state index is 13.5. The fraction of sp³-hybridized carbons (Fsp3) is 0.381. The van der Waals surface area contributed by atoms with Crippen LogP contribution in [0.3, 0.4) is 0 Å². The summed E-state index contributed by atoms with van der Waals surface area (Å²) in [7, 11) is 3.44. The summed E-state index contributed by atoms with van der Waals surface area (Å²) in [4.78, 5) is 4.29. The minimum absolute atomic E-state index is 0. The molecule has 2 aromatic carbocycles. The number of thioether (sulfide) groups is 1. The fourth-order valence-electron chi connectivity index (χ4n) is 2.89. The number of ether oxygens (including phenoxy) is 1. The van der Waals surface area contributed by atoms with Gasteiger partial charge in [0.05, 0.1) is 7.11 Å². The van der Waals surface area contributed by atoms with Crippen molar-refractivity contribution < 1.29 is 9.13 Å². The number of nitrogens with zero attached hydrogens (tertiary/aromatic N) is 1. The molecule has 154 valence electrons. The second-order valence-electron chi connectivity index (χ2n) is 6.30. The molecule has 1 atom stereocenters. The summed E-state index contributed by atoms with van der Waals surface area (Å²) < 4.78 is 18.9. The smallest absolute Gasteiger partial charge is 0.191 e. The predicted octanol–water partition coefficient (Wildman–Crippen LogP) is 4.78. The Balaban J connectivity index is 0.00000392. The van der Waals surface area contributed by atoms with Crippen LogP contribution < -0.4 is 15.4 Å². The van der Waals surface area contributed by atoms with Crippen molar-refractivity contribution in [3.8, 4) is 5.75 Å². The first-order valence-electron chi connectivity index (χ1n) is 8.92. The largest absolute Gasteiger partial charge is 0.496 e. The lowest BCUT2D eigenvalue weighted by Crippen LogP contribution is -2.38. The van der Waals surface area contributed by atoms with Crippen molar-refractivity contribution >= 4 is 41.7 Å². The molecule has 0 bridgehead atoms. The summed E-state index contributed by atoms with van der Waals surface area (Å²) in [6.45, 7) is 3.47. The van der Waals surface area contributed by atoms with E-state index in [1.165, 1.54) is 6.07 Å². The monoisotopic (exact) mass is 517 g/mol. The number of rotatable bonds is 8. The summed E-state index contributed by atoms with van der Waals surface area (Å²) in [5, 5.41) is 6.67. The second-order valence-corrected chi connectivity index (χ2v) is 7.16. The Morgan fingerprint density at radius 1 is 1.18 bits per heavy atom. The summed E-state index contributed by atoms with van der Waals surface area (Å²) in [5.74, 6) is 2.46. The zero-order chi connectivity index (χ0) is 19.6. The zero-order valence-electron chi connectivity index (χ0n) is 16.8. The van der Waals surface area contributed by atoms with Gasteiger partial charge in [-0.3, -0.25) is 4.99 Å². The molecule has 0 aliphatic rings. The van der Waals surface area contributed by atoms with Crippen LogP contribution in [0.4, 0.5) is 4.39 Å². The first-order chi connectivity index (χ1) is 13.1. The number of halogens is 2. The number of nitrogens with one attached hydrogen (secondary N) is 2. The number of methoxy groups -OCH3 is 1. The summed E-state index contributed by atoms with van der Waals surface area (Å²) in [6, 6.07) is 13.0. The van der Waals surface area contributed by atoms with Crippen molar-refractivity contribution in [2.75, 3.05) is 27.0 Å². The number of benzene rings is 2. The van der Waals surface area contributed by atoms with E-state index in [-0.39, 0.29) is 35.7 Å². The lowest BCUT2D eigenvalue weighted by molar-refractivity contribution is 0.406. The molecule has 0 aliphatic heterocycles. The van der Waals surface area contributed by atoms with Gasteiger partial charge in [0, 0.05) is 31.8 Å². The molecule has 2 N–H and O–H groups in total. The van der Waals surface area contributed by atoms with Crippen molar-refractivity contribution in [2.45, 2.75) is 25.1 Å². The molecule has 0 spiro atoms. The first-order valence-corrected chi connectivity index (χ1v) is 10.3. The fourth-order valence-corrected chi connectivity index (χ4v) is 3.47. The highest BCUT2D eigenvalue weighted by molar-refractivity contribution is 14.0. The SMILES string of the molecule is CN=C(NCc1ccc(F)cc1CSC)NCC(C)c1ccccc1OC.I. The lowest BCUT2D eigenvalue weighted by atomic mass is 10.0. The summed E-state index contributed by atoms with van der Waals surface area (Å²) in [5.41, 5.74) is 3.24. The van der Waals surface area contributed by atoms with Crippen LogP contribution in [0.1, 0.15) is 29.5 Å². The maximum atomic E-state index is 13.5. The molecular weight excluding hydrogens is 488 g/mol. The van der Waals surface area contributed by atoms with Crippen LogP contribution in [0.15, 0.2) is 47.5 Å². The Labute approximate surface area is 188 Å². The molecule has 7 heteroatoms. The van der Waals surface area contributed by atoms with Gasteiger partial charge < -0.3 is 15.4 Å². The third-order valence-electron chi connectivity index (χ3n) is 4.38. The third kappa shape index (κ3) is 7.16. The Morgan fingerprint density at radius 3 is 2.61 bits per heavy atom. The number of guanidine groups is 1. The van der Waals surface area contributed by atoms with E-state index in [1.807, 2.05) is 30.5 Å². The topological polar surface area (TPSA) is 45.7 Å². The van der Waals surface area contributed by atoms with Crippen molar-refractivity contribution in [3.63, 3.8) is 0 Å². The van der Waals surface area contributed by atoms with E-state index in [0.29, 0.717) is 6.54 Å². The Bertz CT molecular complexity index is 773. The lowest BCUT2D eigenvalue weighted by Gasteiger charge is -2.19. The van der Waals surface area contributed by atoms with Crippen LogP contribution in [0.2, 0.25) is 0 Å². The molecule has 4 nitrogen and oxygen atoms in total. The molecule has 0 fully saturated rings. The Kier molecular flexibility index (Phi) is 11.3. The molecule has 0 radical (unpaired) electrons. The number of para-hydroxylation sites is 1. The molecule has 2 aromatic rings. The normalized spacial score (nSPS) is 12.1. The van der Waals surface area contributed by atoms with Crippen LogP contribution in [-0.2, 0) is 12.3 Å². The standard InChI is InChI=1S/C21H28FN3OS.HI/c1-15(19-7-5-6-8-20(19)26-3)12-24-21(23-2)25-13-16-9-10-18(22)11-17(16)14-27-4;/h5-11,15H,12-14H2,1-4H3,(H2,23,24,25);1H. The Hall–Kier alpha value is -1.48. The van der Waals surface area contributed by atoms with Gasteiger partial charge in [-0.2, -0.15) is 11.8 Å². The van der Waals surface area contributed by atoms with Gasteiger partial charge in [-0.15, -0.1) is 24.0 Å². The highest BCUT2D eigenvalue weighted by atomic mass is 127. The molecule has 0 aromatic heterocycles. The molecule has 2 rings (SSSR count). The molecule has 0 saturated carbocycles. The molecule has 28 heavy (non-hydrogen) atoms. The van der Waals surface area contributed by atoms with Crippen molar-refractivity contribution in [3.05, 3.63) is 65.0 Å². The van der Waals surface area contributed by atoms with Gasteiger partial charge >= 0.3 is 0 Å². The second kappa shape index (κ2) is 12.9. The van der Waals surface area contributed by atoms with E-state index in [2.05, 4.69) is 28.6 Å². The van der Waals surface area contributed by atoms with E-state index in [9.17, 15) is 4.39 Å². The summed E-state index contributed by atoms with van der Waals surface area (Å²) >= 11 is 1.68. The van der Waals surface area contributed by atoms with Gasteiger partial charge in [-0.1, -0.05) is 31.2 Å². The van der Waals surface area contributed by atoms with Crippen molar-refractivity contribution in [2.24, 2.45) is 4.99 Å². The highest BCUT2D eigenvalue weighted by Gasteiger charge is 2.12. The van der Waals surface area contributed by atoms with Gasteiger partial charge in [-0.25, -0.2) is 4.39 Å². The van der Waals surface area contributed by atoms with Crippen molar-refractivity contribution in [1.29, 1.82) is 0 Å². The zero-order valence-corrected chi connectivity index (χ0v) is 19.9. The molecule has 0 saturated heterocycles. The van der Waals surface area contributed by atoms with Gasteiger partial charge in [0.1, 0.15) is 11.6 Å². The van der Waals surface area contributed by atoms with Crippen LogP contribution in [-0.4, -0.2) is 32.9 Å². The predicted molar refractivity (Wildman–Crippen MR) is 129 cm³/mol. The van der Waals surface area contributed by atoms with Crippen LogP contribution in [0, 0.1) is 5.82 Å². The first kappa shape index (κ1) is 24.6. The third-order valence-corrected chi connectivity index (χ3v) is 4.98. The van der Waals surface area contributed by atoms with Crippen LogP contribution in [0.5, 0.6) is 5.75 Å². The van der Waals surface area contributed by atoms with Crippen LogP contribution in [0.25, 0.3) is 0 Å². The van der Waals surface area contributed by atoms with E-state index in [1.54, 1.807) is 32.0 Å². The van der Waals surface area contributed by atoms with Gasteiger partial charge in [0.15, 0.2) is 5.96 Å². The van der Waals surface area contributed by atoms with E-state index >= 15 is 0 Å². The number of hydrogen-bond donors (Lipinski definition) is 2. The molecule has 1 unspecified atom stereocenters. The minimum Gasteiger partial charge on any atom is -0.496 e. The van der Waals surface area contributed by atoms with Gasteiger partial charge in [-0.05, 0) is 41.1 Å². The molecule has 0 heterocycles. The maximum Gasteiger partial charge on any atom is 0.191 e. The Morgan fingerprint density at radius 2 is 1.93 bits per heavy atom. The van der Waals surface area contributed by atoms with Crippen LogP contribution >= 0.6 is 35.7 Å². The number of aliphatic imine (C=N–C) groups is 1. The molecule has 0 amide bonds. The van der Waals surface area contributed by atoms with Gasteiger partial charge in [0.2, 0.25) is 0 Å². The minimum atomic E-state index is -0.198. The average molecular weight is 517 g/mol. The molecule has 0 aliphatic carbocycles. The quantitative estimate of drug-likeness (QED) is 0.301. The van der Waals surface area contributed by atoms with E-state index in [4.69, 9.17) is 4.74 Å².